The molecule has 72 valence electrons. The van der Waals surface area contributed by atoms with Crippen LogP contribution in [-0.2, 0) is 0 Å². The van der Waals surface area contributed by atoms with Crippen LogP contribution in [0.5, 0.6) is 0 Å². The molecule has 2 aliphatic heterocycles. The van der Waals surface area contributed by atoms with Crippen molar-refractivity contribution in [3.8, 4) is 0 Å². The second-order valence-electron chi connectivity index (χ2n) is 4.55. The molecule has 0 saturated carbocycles. The van der Waals surface area contributed by atoms with Crippen LogP contribution in [0.25, 0.3) is 0 Å². The van der Waals surface area contributed by atoms with Gasteiger partial charge < -0.3 is 5.32 Å². The molecule has 2 nitrogen and oxygen atoms in total. The van der Waals surface area contributed by atoms with E-state index in [-0.39, 0.29) is 5.54 Å². The topological polar surface area (TPSA) is 15.3 Å². The molecule has 2 heterocycles. The van der Waals surface area contributed by atoms with E-state index in [1.807, 2.05) is 0 Å². The highest BCUT2D eigenvalue weighted by Crippen LogP contribution is 2.17. The normalized spacial score (nSPS) is 26.2. The zero-order valence-corrected chi connectivity index (χ0v) is 8.51. The molecule has 2 rings (SSSR count). The molecule has 0 bridgehead atoms. The van der Waals surface area contributed by atoms with Gasteiger partial charge >= 0.3 is 0 Å². The smallest absolute Gasteiger partial charge is 0.0500 e. The van der Waals surface area contributed by atoms with E-state index < -0.39 is 0 Å². The fraction of sp³-hybridized carbons (Fsp3) is 0.636. The standard InChI is InChI=1S/C11H18N2/c1-11(2)8-10(4-5-12-11)9-13-6-3-7-13/h4-5,8,12H,3,6-7,9H2,1-2H3. The Morgan fingerprint density at radius 2 is 2.23 bits per heavy atom. The van der Waals surface area contributed by atoms with Gasteiger partial charge in [-0.15, -0.1) is 0 Å². The summed E-state index contributed by atoms with van der Waals surface area (Å²) in [6.45, 7) is 8.08. The zero-order valence-electron chi connectivity index (χ0n) is 8.51. The third kappa shape index (κ3) is 2.13. The maximum Gasteiger partial charge on any atom is 0.0500 e. The Labute approximate surface area is 80.3 Å². The van der Waals surface area contributed by atoms with Gasteiger partial charge in [-0.25, -0.2) is 0 Å². The Morgan fingerprint density at radius 3 is 2.77 bits per heavy atom. The molecule has 0 spiro atoms. The lowest BCUT2D eigenvalue weighted by Gasteiger charge is -2.33. The first-order valence-corrected chi connectivity index (χ1v) is 5.04. The first-order chi connectivity index (χ1) is 6.16. The van der Waals surface area contributed by atoms with Gasteiger partial charge in [0.1, 0.15) is 0 Å². The monoisotopic (exact) mass is 178 g/mol. The molecule has 13 heavy (non-hydrogen) atoms. The van der Waals surface area contributed by atoms with Gasteiger partial charge in [-0.05, 0) is 51.2 Å². The van der Waals surface area contributed by atoms with Crippen molar-refractivity contribution >= 4 is 0 Å². The van der Waals surface area contributed by atoms with Crippen LogP contribution in [0, 0.1) is 0 Å². The van der Waals surface area contributed by atoms with E-state index in [0.29, 0.717) is 0 Å². The van der Waals surface area contributed by atoms with Crippen LogP contribution >= 0.6 is 0 Å². The summed E-state index contributed by atoms with van der Waals surface area (Å²) in [7, 11) is 0. The van der Waals surface area contributed by atoms with E-state index in [1.165, 1.54) is 25.1 Å². The summed E-state index contributed by atoms with van der Waals surface area (Å²) < 4.78 is 0. The molecule has 2 aliphatic rings. The lowest BCUT2D eigenvalue weighted by molar-refractivity contribution is 0.199. The van der Waals surface area contributed by atoms with Crippen molar-refractivity contribution in [1.29, 1.82) is 0 Å². The molecule has 0 amide bonds. The SMILES string of the molecule is CC1(C)C=C(CN2CCC2)C=CN1. The number of rotatable bonds is 2. The molecule has 1 saturated heterocycles. The number of dihydropyridines is 1. The van der Waals surface area contributed by atoms with E-state index in [1.54, 1.807) is 0 Å². The van der Waals surface area contributed by atoms with Crippen molar-refractivity contribution in [2.45, 2.75) is 25.8 Å². The predicted octanol–water partition coefficient (Wildman–Crippen LogP) is 1.51. The van der Waals surface area contributed by atoms with Gasteiger partial charge in [0.15, 0.2) is 0 Å². The summed E-state index contributed by atoms with van der Waals surface area (Å²) in [6.07, 6.45) is 7.95. The molecular weight excluding hydrogens is 160 g/mol. The summed E-state index contributed by atoms with van der Waals surface area (Å²) in [5, 5.41) is 3.32. The number of nitrogens with one attached hydrogen (secondary N) is 1. The molecule has 0 radical (unpaired) electrons. The average molecular weight is 178 g/mol. The Hall–Kier alpha value is -0.760. The van der Waals surface area contributed by atoms with E-state index in [4.69, 9.17) is 0 Å². The van der Waals surface area contributed by atoms with Crippen molar-refractivity contribution in [2.75, 3.05) is 19.6 Å². The lowest BCUT2D eigenvalue weighted by atomic mass is 9.98. The lowest BCUT2D eigenvalue weighted by Crippen LogP contribution is -2.40. The Balaban J connectivity index is 1.97. The molecule has 0 aliphatic carbocycles. The maximum absolute atomic E-state index is 3.32. The van der Waals surface area contributed by atoms with Gasteiger partial charge in [0.25, 0.3) is 0 Å². The molecule has 0 aromatic rings. The van der Waals surface area contributed by atoms with Crippen LogP contribution in [0.4, 0.5) is 0 Å². The zero-order chi connectivity index (χ0) is 9.31. The minimum atomic E-state index is 0.134. The summed E-state index contributed by atoms with van der Waals surface area (Å²) in [5.41, 5.74) is 1.58. The predicted molar refractivity (Wildman–Crippen MR) is 55.5 cm³/mol. The van der Waals surface area contributed by atoms with Crippen LogP contribution in [-0.4, -0.2) is 30.1 Å². The van der Waals surface area contributed by atoms with Gasteiger partial charge in [0, 0.05) is 6.54 Å². The highest BCUT2D eigenvalue weighted by molar-refractivity contribution is 5.29. The average Bonchev–Trinajstić information content (AvgIpc) is 1.95. The molecule has 0 unspecified atom stereocenters. The molecule has 0 aromatic heterocycles. The minimum absolute atomic E-state index is 0.134. The third-order valence-corrected chi connectivity index (χ3v) is 2.65. The Bertz CT molecular complexity index is 247. The largest absolute Gasteiger partial charge is 0.383 e. The molecular formula is C11H18N2. The Kier molecular flexibility index (Phi) is 2.16. The molecule has 2 heteroatoms. The molecule has 1 fully saturated rings. The fourth-order valence-electron chi connectivity index (χ4n) is 1.81. The van der Waals surface area contributed by atoms with Crippen LogP contribution < -0.4 is 5.32 Å². The highest BCUT2D eigenvalue weighted by Gasteiger charge is 2.19. The Morgan fingerprint density at radius 1 is 1.46 bits per heavy atom. The van der Waals surface area contributed by atoms with Crippen LogP contribution in [0.2, 0.25) is 0 Å². The molecule has 1 N–H and O–H groups in total. The number of hydrogen-bond acceptors (Lipinski definition) is 2. The van der Waals surface area contributed by atoms with Crippen molar-refractivity contribution < 1.29 is 0 Å². The van der Waals surface area contributed by atoms with E-state index in [0.717, 1.165) is 6.54 Å². The second-order valence-corrected chi connectivity index (χ2v) is 4.55. The number of likely N-dealkylation sites (tertiary alicyclic amines) is 1. The summed E-state index contributed by atoms with van der Waals surface area (Å²) in [4.78, 5) is 2.48. The highest BCUT2D eigenvalue weighted by atomic mass is 15.2. The van der Waals surface area contributed by atoms with Gasteiger partial charge in [-0.1, -0.05) is 6.08 Å². The first kappa shape index (κ1) is 8.82. The van der Waals surface area contributed by atoms with E-state index >= 15 is 0 Å². The summed E-state index contributed by atoms with van der Waals surface area (Å²) in [5.74, 6) is 0. The summed E-state index contributed by atoms with van der Waals surface area (Å²) in [6, 6.07) is 0. The number of hydrogen-bond donors (Lipinski definition) is 1. The fourth-order valence-corrected chi connectivity index (χ4v) is 1.81. The van der Waals surface area contributed by atoms with Crippen LogP contribution in [0.3, 0.4) is 0 Å². The van der Waals surface area contributed by atoms with Gasteiger partial charge in [0.05, 0.1) is 5.54 Å². The van der Waals surface area contributed by atoms with Crippen LogP contribution in [0.1, 0.15) is 20.3 Å². The number of nitrogens with zero attached hydrogens (tertiary/aromatic N) is 1. The van der Waals surface area contributed by atoms with Crippen molar-refractivity contribution in [2.24, 2.45) is 0 Å². The second kappa shape index (κ2) is 3.18. The van der Waals surface area contributed by atoms with Crippen molar-refractivity contribution in [3.63, 3.8) is 0 Å². The van der Waals surface area contributed by atoms with E-state index in [9.17, 15) is 0 Å². The quantitative estimate of drug-likeness (QED) is 0.689. The van der Waals surface area contributed by atoms with Gasteiger partial charge in [-0.3, -0.25) is 4.90 Å². The first-order valence-electron chi connectivity index (χ1n) is 5.04. The minimum Gasteiger partial charge on any atom is -0.383 e. The van der Waals surface area contributed by atoms with E-state index in [2.05, 4.69) is 42.4 Å². The third-order valence-electron chi connectivity index (χ3n) is 2.65. The molecule has 0 atom stereocenters. The van der Waals surface area contributed by atoms with Crippen LogP contribution in [0.15, 0.2) is 23.9 Å². The van der Waals surface area contributed by atoms with Crippen molar-refractivity contribution in [1.82, 2.24) is 10.2 Å². The summed E-state index contributed by atoms with van der Waals surface area (Å²) >= 11 is 0. The van der Waals surface area contributed by atoms with Gasteiger partial charge in [-0.2, -0.15) is 0 Å². The van der Waals surface area contributed by atoms with Gasteiger partial charge in [0.2, 0.25) is 0 Å². The maximum atomic E-state index is 3.32. The molecule has 0 aromatic carbocycles. The van der Waals surface area contributed by atoms with Crippen molar-refractivity contribution in [3.05, 3.63) is 23.9 Å².